The normalized spacial score (nSPS) is 20.4. The average molecular weight is 382 g/mol. The van der Waals surface area contributed by atoms with E-state index >= 15 is 0 Å². The molecule has 1 aliphatic carbocycles. The summed E-state index contributed by atoms with van der Waals surface area (Å²) in [5.74, 6) is 2.24. The number of aliphatic hydroxyl groups excluding tert-OH is 1. The van der Waals surface area contributed by atoms with E-state index in [1.807, 2.05) is 28.9 Å². The number of nitrogens with one attached hydrogen (secondary N) is 1. The van der Waals surface area contributed by atoms with Crippen LogP contribution >= 0.6 is 0 Å². The molecule has 28 heavy (non-hydrogen) atoms. The number of rotatable bonds is 5. The molecule has 2 N–H and O–H groups in total. The van der Waals surface area contributed by atoms with Crippen LogP contribution in [0.25, 0.3) is 0 Å². The Morgan fingerprint density at radius 1 is 1.29 bits per heavy atom. The summed E-state index contributed by atoms with van der Waals surface area (Å²) < 4.78 is 7.09. The number of anilines is 1. The number of nitrogens with zero attached hydrogens (tertiary/aromatic N) is 3. The fourth-order valence-electron chi connectivity index (χ4n) is 4.09. The molecule has 0 bridgehead atoms. The number of methoxy groups -OCH3 is 1. The first-order chi connectivity index (χ1) is 13.4. The molecule has 0 spiro atoms. The molecule has 1 unspecified atom stereocenters. The number of aliphatic hydroxyl groups is 1. The number of aryl methyl sites for hydroxylation is 1. The first-order valence-corrected chi connectivity index (χ1v) is 9.65. The zero-order valence-electron chi connectivity index (χ0n) is 16.5. The van der Waals surface area contributed by atoms with E-state index in [0.29, 0.717) is 31.0 Å². The molecule has 1 aromatic heterocycles. The van der Waals surface area contributed by atoms with Crippen LogP contribution in [-0.4, -0.2) is 39.4 Å². The van der Waals surface area contributed by atoms with Crippen molar-refractivity contribution in [3.63, 3.8) is 0 Å². The molecule has 1 aliphatic heterocycles. The standard InChI is InChI=1S/C21H26N4O3/c1-21(2)11-15-18(16(27)12-21)19(13-6-8-14(28-3)9-7-13)25-20(22-15)23-17(24-25)5-4-10-26/h6-9,19,26H,4-5,10-12H2,1-3H3,(H,22,23,24). The lowest BCUT2D eigenvalue weighted by atomic mass is 9.73. The lowest BCUT2D eigenvalue weighted by Crippen LogP contribution is -2.36. The third kappa shape index (κ3) is 3.30. The van der Waals surface area contributed by atoms with Gasteiger partial charge < -0.3 is 15.2 Å². The summed E-state index contributed by atoms with van der Waals surface area (Å²) in [5, 5.41) is 17.2. The van der Waals surface area contributed by atoms with Crippen LogP contribution in [0.2, 0.25) is 0 Å². The van der Waals surface area contributed by atoms with Crippen LogP contribution in [0.1, 0.15) is 50.5 Å². The Bertz CT molecular complexity index is 928. The number of carbonyl (C=O) groups is 1. The van der Waals surface area contributed by atoms with Gasteiger partial charge in [-0.15, -0.1) is 0 Å². The zero-order valence-corrected chi connectivity index (χ0v) is 16.5. The van der Waals surface area contributed by atoms with Crippen LogP contribution in [0, 0.1) is 5.41 Å². The number of aromatic nitrogens is 3. The lowest BCUT2D eigenvalue weighted by molar-refractivity contribution is -0.118. The molecule has 148 valence electrons. The quantitative estimate of drug-likeness (QED) is 0.827. The smallest absolute Gasteiger partial charge is 0.226 e. The summed E-state index contributed by atoms with van der Waals surface area (Å²) in [7, 11) is 1.63. The van der Waals surface area contributed by atoms with Gasteiger partial charge in [0.2, 0.25) is 5.95 Å². The third-order valence-electron chi connectivity index (χ3n) is 5.37. The van der Waals surface area contributed by atoms with E-state index in [0.717, 1.165) is 29.0 Å². The van der Waals surface area contributed by atoms with Crippen molar-refractivity contribution in [2.75, 3.05) is 19.0 Å². The number of hydrogen-bond acceptors (Lipinski definition) is 6. The van der Waals surface area contributed by atoms with Gasteiger partial charge in [-0.1, -0.05) is 26.0 Å². The van der Waals surface area contributed by atoms with Gasteiger partial charge >= 0.3 is 0 Å². The Kier molecular flexibility index (Phi) is 4.71. The molecule has 0 saturated carbocycles. The highest BCUT2D eigenvalue weighted by Crippen LogP contribution is 2.45. The van der Waals surface area contributed by atoms with Crippen LogP contribution < -0.4 is 10.1 Å². The van der Waals surface area contributed by atoms with Crippen molar-refractivity contribution in [3.05, 3.63) is 46.9 Å². The summed E-state index contributed by atoms with van der Waals surface area (Å²) in [6.45, 7) is 4.33. The fraction of sp³-hybridized carbons (Fsp3) is 0.476. The predicted octanol–water partition coefficient (Wildman–Crippen LogP) is 2.87. The van der Waals surface area contributed by atoms with Gasteiger partial charge in [0.25, 0.3) is 0 Å². The predicted molar refractivity (Wildman–Crippen MR) is 105 cm³/mol. The number of allylic oxidation sites excluding steroid dienone is 2. The van der Waals surface area contributed by atoms with Gasteiger partial charge in [0, 0.05) is 30.7 Å². The molecular weight excluding hydrogens is 356 g/mol. The highest BCUT2D eigenvalue weighted by atomic mass is 16.5. The van der Waals surface area contributed by atoms with Crippen LogP contribution in [0.3, 0.4) is 0 Å². The summed E-state index contributed by atoms with van der Waals surface area (Å²) >= 11 is 0. The Morgan fingerprint density at radius 2 is 2.04 bits per heavy atom. The van der Waals surface area contributed by atoms with Gasteiger partial charge in [0.1, 0.15) is 11.8 Å². The minimum atomic E-state index is -0.309. The third-order valence-corrected chi connectivity index (χ3v) is 5.37. The molecule has 0 amide bonds. The van der Waals surface area contributed by atoms with Crippen molar-refractivity contribution in [1.82, 2.24) is 14.8 Å². The molecular formula is C21H26N4O3. The summed E-state index contributed by atoms with van der Waals surface area (Å²) in [6, 6.07) is 7.45. The maximum atomic E-state index is 13.1. The monoisotopic (exact) mass is 382 g/mol. The summed E-state index contributed by atoms with van der Waals surface area (Å²) in [6.07, 6.45) is 2.51. The number of ether oxygens (including phenoxy) is 1. The molecule has 4 rings (SSSR count). The highest BCUT2D eigenvalue weighted by molar-refractivity contribution is 6.00. The molecule has 2 heterocycles. The second kappa shape index (κ2) is 7.05. The Morgan fingerprint density at radius 3 is 2.71 bits per heavy atom. The van der Waals surface area contributed by atoms with Crippen LogP contribution in [-0.2, 0) is 11.2 Å². The summed E-state index contributed by atoms with van der Waals surface area (Å²) in [5.41, 5.74) is 2.60. The van der Waals surface area contributed by atoms with Crippen molar-refractivity contribution >= 4 is 11.7 Å². The Hall–Kier alpha value is -2.67. The second-order valence-electron chi connectivity index (χ2n) is 8.26. The number of benzene rings is 1. The molecule has 2 aliphatic rings. The van der Waals surface area contributed by atoms with Crippen molar-refractivity contribution < 1.29 is 14.6 Å². The van der Waals surface area contributed by atoms with Crippen molar-refractivity contribution in [3.8, 4) is 5.75 Å². The van der Waals surface area contributed by atoms with E-state index in [-0.39, 0.29) is 23.8 Å². The van der Waals surface area contributed by atoms with E-state index in [4.69, 9.17) is 9.84 Å². The van der Waals surface area contributed by atoms with Gasteiger partial charge in [-0.05, 0) is 36.0 Å². The maximum Gasteiger partial charge on any atom is 0.226 e. The number of ketones is 1. The topological polar surface area (TPSA) is 89.3 Å². The SMILES string of the molecule is COc1ccc(C2C3=C(CC(C)(C)CC3=O)Nc3nc(CCCO)nn32)cc1. The highest BCUT2D eigenvalue weighted by Gasteiger charge is 2.41. The van der Waals surface area contributed by atoms with Gasteiger partial charge in [-0.3, -0.25) is 4.79 Å². The Balaban J connectivity index is 1.82. The zero-order chi connectivity index (χ0) is 19.9. The van der Waals surface area contributed by atoms with Gasteiger partial charge in [-0.25, -0.2) is 4.68 Å². The van der Waals surface area contributed by atoms with E-state index in [2.05, 4.69) is 29.2 Å². The first-order valence-electron chi connectivity index (χ1n) is 9.65. The molecule has 2 aromatic rings. The van der Waals surface area contributed by atoms with Gasteiger partial charge in [-0.2, -0.15) is 10.1 Å². The van der Waals surface area contributed by atoms with Gasteiger partial charge in [0.15, 0.2) is 11.6 Å². The maximum absolute atomic E-state index is 13.1. The van der Waals surface area contributed by atoms with Crippen LogP contribution in [0.4, 0.5) is 5.95 Å². The van der Waals surface area contributed by atoms with Crippen LogP contribution in [0.15, 0.2) is 35.5 Å². The van der Waals surface area contributed by atoms with Crippen molar-refractivity contribution in [2.45, 2.75) is 45.6 Å². The largest absolute Gasteiger partial charge is 0.497 e. The van der Waals surface area contributed by atoms with E-state index in [1.54, 1.807) is 7.11 Å². The fourth-order valence-corrected chi connectivity index (χ4v) is 4.09. The van der Waals surface area contributed by atoms with E-state index in [9.17, 15) is 4.79 Å². The number of hydrogen-bond donors (Lipinski definition) is 2. The number of carbonyl (C=O) groups excluding carboxylic acids is 1. The van der Waals surface area contributed by atoms with E-state index < -0.39 is 0 Å². The molecule has 0 saturated heterocycles. The van der Waals surface area contributed by atoms with Crippen molar-refractivity contribution in [2.24, 2.45) is 5.41 Å². The van der Waals surface area contributed by atoms with Gasteiger partial charge in [0.05, 0.1) is 7.11 Å². The summed E-state index contributed by atoms with van der Waals surface area (Å²) in [4.78, 5) is 17.7. The average Bonchev–Trinajstić information content (AvgIpc) is 3.06. The minimum Gasteiger partial charge on any atom is -0.497 e. The molecule has 0 fully saturated rings. The first kappa shape index (κ1) is 18.7. The molecule has 1 atom stereocenters. The minimum absolute atomic E-state index is 0.0880. The molecule has 1 aromatic carbocycles. The molecule has 7 nitrogen and oxygen atoms in total. The number of fused-ring (bicyclic) bond motifs is 1. The molecule has 7 heteroatoms. The lowest BCUT2D eigenvalue weighted by Gasteiger charge is -2.38. The Labute approximate surface area is 164 Å². The molecule has 0 radical (unpaired) electrons. The number of Topliss-reactive ketones (excluding diaryl/α,β-unsaturated/α-hetero) is 1. The second-order valence-corrected chi connectivity index (χ2v) is 8.26. The van der Waals surface area contributed by atoms with E-state index in [1.165, 1.54) is 0 Å². The van der Waals surface area contributed by atoms with Crippen LogP contribution in [0.5, 0.6) is 5.75 Å². The van der Waals surface area contributed by atoms with Crippen molar-refractivity contribution in [1.29, 1.82) is 0 Å².